The molecule has 5 heteroatoms. The molecule has 1 atom stereocenters. The van der Waals surface area contributed by atoms with Crippen LogP contribution in [0.15, 0.2) is 0 Å². The number of nitrogens with one attached hydrogen (secondary N) is 1. The van der Waals surface area contributed by atoms with Crippen molar-refractivity contribution in [3.63, 3.8) is 0 Å². The molecular weight excluding hydrogens is 242 g/mol. The Bertz CT molecular complexity index is 310. The van der Waals surface area contributed by atoms with E-state index in [4.69, 9.17) is 5.73 Å². The van der Waals surface area contributed by atoms with Crippen LogP contribution in [-0.4, -0.2) is 42.9 Å². The summed E-state index contributed by atoms with van der Waals surface area (Å²) in [7, 11) is 1.66. The van der Waals surface area contributed by atoms with Crippen LogP contribution in [0, 0.1) is 11.8 Å². The number of hydrogen-bond acceptors (Lipinski definition) is 3. The van der Waals surface area contributed by atoms with Crippen molar-refractivity contribution in [3.8, 4) is 0 Å². The van der Waals surface area contributed by atoms with Gasteiger partial charge in [-0.3, -0.25) is 9.59 Å². The van der Waals surface area contributed by atoms with Crippen LogP contribution in [0.3, 0.4) is 0 Å². The van der Waals surface area contributed by atoms with E-state index in [1.54, 1.807) is 7.05 Å². The first kappa shape index (κ1) is 16.0. The Morgan fingerprint density at radius 1 is 1.32 bits per heavy atom. The minimum absolute atomic E-state index is 0.0621. The molecule has 1 aliphatic heterocycles. The molecule has 0 radical (unpaired) electrons. The molecule has 19 heavy (non-hydrogen) atoms. The van der Waals surface area contributed by atoms with E-state index in [2.05, 4.69) is 19.2 Å². The lowest BCUT2D eigenvalue weighted by Crippen LogP contribution is -2.47. The lowest BCUT2D eigenvalue weighted by Gasteiger charge is -2.33. The highest BCUT2D eigenvalue weighted by Gasteiger charge is 2.27. The summed E-state index contributed by atoms with van der Waals surface area (Å²) in [6, 6.07) is -0.379. The Morgan fingerprint density at radius 3 is 2.37 bits per heavy atom. The van der Waals surface area contributed by atoms with Crippen molar-refractivity contribution in [2.24, 2.45) is 17.6 Å². The summed E-state index contributed by atoms with van der Waals surface area (Å²) in [5.74, 6) is 0.975. The van der Waals surface area contributed by atoms with E-state index in [9.17, 15) is 9.59 Å². The monoisotopic (exact) mass is 269 g/mol. The fraction of sp³-hybridized carbons (Fsp3) is 0.857. The van der Waals surface area contributed by atoms with Gasteiger partial charge in [0.15, 0.2) is 0 Å². The van der Waals surface area contributed by atoms with Gasteiger partial charge < -0.3 is 16.0 Å². The highest BCUT2D eigenvalue weighted by molar-refractivity contribution is 5.81. The molecule has 110 valence electrons. The fourth-order valence-electron chi connectivity index (χ4n) is 2.56. The summed E-state index contributed by atoms with van der Waals surface area (Å²) >= 11 is 0. The quantitative estimate of drug-likeness (QED) is 0.773. The summed E-state index contributed by atoms with van der Waals surface area (Å²) < 4.78 is 0. The molecule has 0 aromatic carbocycles. The predicted octanol–water partition coefficient (Wildman–Crippen LogP) is 0.735. The topological polar surface area (TPSA) is 75.4 Å². The van der Waals surface area contributed by atoms with E-state index in [0.717, 1.165) is 32.4 Å². The molecule has 1 rings (SSSR count). The number of carbonyl (C=O) groups is 2. The van der Waals surface area contributed by atoms with Gasteiger partial charge in [0, 0.05) is 26.6 Å². The Labute approximate surface area is 115 Å². The first-order valence-electron chi connectivity index (χ1n) is 7.19. The number of likely N-dealkylation sites (tertiary alicyclic amines) is 1. The van der Waals surface area contributed by atoms with Crippen LogP contribution in [0.1, 0.15) is 39.5 Å². The van der Waals surface area contributed by atoms with Crippen molar-refractivity contribution >= 4 is 11.8 Å². The van der Waals surface area contributed by atoms with Crippen LogP contribution in [0.25, 0.3) is 0 Å². The minimum atomic E-state index is -0.379. The van der Waals surface area contributed by atoms with Gasteiger partial charge in [-0.1, -0.05) is 13.8 Å². The Kier molecular flexibility index (Phi) is 6.28. The Morgan fingerprint density at radius 2 is 1.89 bits per heavy atom. The molecule has 1 fully saturated rings. The maximum atomic E-state index is 12.1. The molecule has 1 heterocycles. The molecule has 5 nitrogen and oxygen atoms in total. The second-order valence-electron chi connectivity index (χ2n) is 5.88. The number of carbonyl (C=O) groups excluding carboxylic acids is 2. The summed E-state index contributed by atoms with van der Waals surface area (Å²) in [5.41, 5.74) is 5.93. The molecule has 2 amide bonds. The lowest BCUT2D eigenvalue weighted by molar-refractivity contribution is -0.134. The average Bonchev–Trinajstić information content (AvgIpc) is 2.37. The van der Waals surface area contributed by atoms with Gasteiger partial charge in [-0.15, -0.1) is 0 Å². The van der Waals surface area contributed by atoms with Gasteiger partial charge in [-0.25, -0.2) is 0 Å². The standard InChI is InChI=1S/C14H27N3O2/c1-10(2)8-12(15)14(19)17-6-4-11(5-7-17)9-13(18)16-3/h10-12H,4-9,15H2,1-3H3,(H,16,18)/t12-/m0/s1. The van der Waals surface area contributed by atoms with Gasteiger partial charge in [-0.2, -0.15) is 0 Å². The van der Waals surface area contributed by atoms with Crippen molar-refractivity contribution in [1.29, 1.82) is 0 Å². The largest absolute Gasteiger partial charge is 0.359 e. The molecule has 1 aliphatic rings. The summed E-state index contributed by atoms with van der Waals surface area (Å²) in [4.78, 5) is 25.3. The molecule has 0 aliphatic carbocycles. The summed E-state index contributed by atoms with van der Waals surface area (Å²) in [5, 5.41) is 2.65. The molecule has 0 aromatic rings. The van der Waals surface area contributed by atoms with Gasteiger partial charge in [0.25, 0.3) is 0 Å². The Hall–Kier alpha value is -1.10. The number of amides is 2. The van der Waals surface area contributed by atoms with E-state index in [0.29, 0.717) is 18.3 Å². The molecule has 0 saturated carbocycles. The van der Waals surface area contributed by atoms with Crippen molar-refractivity contribution in [2.45, 2.75) is 45.6 Å². The van der Waals surface area contributed by atoms with E-state index in [1.165, 1.54) is 0 Å². The minimum Gasteiger partial charge on any atom is -0.359 e. The van der Waals surface area contributed by atoms with Gasteiger partial charge in [0.2, 0.25) is 11.8 Å². The molecular formula is C14H27N3O2. The fourth-order valence-corrected chi connectivity index (χ4v) is 2.56. The second kappa shape index (κ2) is 7.48. The van der Waals surface area contributed by atoms with Crippen LogP contribution in [-0.2, 0) is 9.59 Å². The van der Waals surface area contributed by atoms with Gasteiger partial charge in [0.1, 0.15) is 0 Å². The van der Waals surface area contributed by atoms with Crippen LogP contribution < -0.4 is 11.1 Å². The highest BCUT2D eigenvalue weighted by Crippen LogP contribution is 2.21. The number of nitrogens with two attached hydrogens (primary N) is 1. The molecule has 0 spiro atoms. The second-order valence-corrected chi connectivity index (χ2v) is 5.88. The van der Waals surface area contributed by atoms with E-state index in [-0.39, 0.29) is 17.9 Å². The zero-order valence-electron chi connectivity index (χ0n) is 12.3. The van der Waals surface area contributed by atoms with Gasteiger partial charge in [-0.05, 0) is 31.1 Å². The molecule has 0 aromatic heterocycles. The van der Waals surface area contributed by atoms with Crippen LogP contribution in [0.5, 0.6) is 0 Å². The first-order chi connectivity index (χ1) is 8.93. The molecule has 0 unspecified atom stereocenters. The summed E-state index contributed by atoms with van der Waals surface area (Å²) in [6.45, 7) is 5.60. The number of nitrogens with zero attached hydrogens (tertiary/aromatic N) is 1. The average molecular weight is 269 g/mol. The zero-order valence-corrected chi connectivity index (χ0v) is 12.3. The van der Waals surface area contributed by atoms with E-state index < -0.39 is 0 Å². The van der Waals surface area contributed by atoms with Crippen LogP contribution >= 0.6 is 0 Å². The molecule has 1 saturated heterocycles. The lowest BCUT2D eigenvalue weighted by atomic mass is 9.92. The van der Waals surface area contributed by atoms with Crippen LogP contribution in [0.2, 0.25) is 0 Å². The third-order valence-electron chi connectivity index (χ3n) is 3.72. The number of piperidine rings is 1. The highest BCUT2D eigenvalue weighted by atomic mass is 16.2. The van der Waals surface area contributed by atoms with Gasteiger partial charge in [0.05, 0.1) is 6.04 Å². The van der Waals surface area contributed by atoms with Crippen molar-refractivity contribution < 1.29 is 9.59 Å². The van der Waals surface area contributed by atoms with Crippen molar-refractivity contribution in [3.05, 3.63) is 0 Å². The first-order valence-corrected chi connectivity index (χ1v) is 7.19. The maximum Gasteiger partial charge on any atom is 0.239 e. The van der Waals surface area contributed by atoms with E-state index >= 15 is 0 Å². The van der Waals surface area contributed by atoms with Crippen molar-refractivity contribution in [2.75, 3.05) is 20.1 Å². The molecule has 0 bridgehead atoms. The molecule has 3 N–H and O–H groups in total. The SMILES string of the molecule is CNC(=O)CC1CCN(C(=O)[C@@H](N)CC(C)C)CC1. The predicted molar refractivity (Wildman–Crippen MR) is 75.4 cm³/mol. The van der Waals surface area contributed by atoms with Crippen LogP contribution in [0.4, 0.5) is 0 Å². The Balaban J connectivity index is 2.36. The van der Waals surface area contributed by atoms with E-state index in [1.807, 2.05) is 4.90 Å². The normalized spacial score (nSPS) is 18.5. The third-order valence-corrected chi connectivity index (χ3v) is 3.72. The summed E-state index contributed by atoms with van der Waals surface area (Å²) in [6.07, 6.45) is 3.09. The maximum absolute atomic E-state index is 12.1. The zero-order chi connectivity index (χ0) is 14.4. The number of hydrogen-bond donors (Lipinski definition) is 2. The number of rotatable bonds is 5. The van der Waals surface area contributed by atoms with Crippen molar-refractivity contribution in [1.82, 2.24) is 10.2 Å². The third kappa shape index (κ3) is 5.19. The van der Waals surface area contributed by atoms with Gasteiger partial charge >= 0.3 is 0 Å². The smallest absolute Gasteiger partial charge is 0.239 e.